The van der Waals surface area contributed by atoms with E-state index >= 15 is 0 Å². The maximum absolute atomic E-state index is 12.5. The first-order valence-electron chi connectivity index (χ1n) is 11.3. The number of hydrogen-bond donors (Lipinski definition) is 1. The molecule has 35 heavy (non-hydrogen) atoms. The predicted octanol–water partition coefficient (Wildman–Crippen LogP) is 5.45. The number of anilines is 1. The third-order valence-corrected chi connectivity index (χ3v) is 5.56. The molecule has 0 spiro atoms. The van der Waals surface area contributed by atoms with E-state index in [0.717, 1.165) is 11.1 Å². The SMILES string of the molecule is CCOc1ccc(CCC(=O)Nc2ccc(-c3cc(=O)c4cc(OC)ccc4o3)cc2)cc1OC. The Labute approximate surface area is 203 Å². The fourth-order valence-electron chi connectivity index (χ4n) is 3.75. The van der Waals surface area contributed by atoms with Crippen LogP contribution in [0.25, 0.3) is 22.3 Å². The molecule has 0 radical (unpaired) electrons. The summed E-state index contributed by atoms with van der Waals surface area (Å²) < 4.78 is 22.0. The number of ether oxygens (including phenoxy) is 3. The van der Waals surface area contributed by atoms with Crippen LogP contribution in [0.1, 0.15) is 18.9 Å². The van der Waals surface area contributed by atoms with Gasteiger partial charge in [0.15, 0.2) is 16.9 Å². The quantitative estimate of drug-likeness (QED) is 0.348. The molecule has 0 saturated carbocycles. The number of rotatable bonds is 9. The van der Waals surface area contributed by atoms with Crippen molar-refractivity contribution in [3.8, 4) is 28.6 Å². The molecule has 0 aliphatic carbocycles. The molecule has 180 valence electrons. The van der Waals surface area contributed by atoms with Crippen molar-refractivity contribution < 1.29 is 23.4 Å². The van der Waals surface area contributed by atoms with Gasteiger partial charge in [-0.05, 0) is 73.5 Å². The first-order valence-corrected chi connectivity index (χ1v) is 11.3. The lowest BCUT2D eigenvalue weighted by Gasteiger charge is -2.11. The Bertz CT molecular complexity index is 1390. The summed E-state index contributed by atoms with van der Waals surface area (Å²) in [6.07, 6.45) is 0.890. The zero-order valence-electron chi connectivity index (χ0n) is 19.9. The molecule has 4 aromatic rings. The van der Waals surface area contributed by atoms with Gasteiger partial charge >= 0.3 is 0 Å². The van der Waals surface area contributed by atoms with Crippen molar-refractivity contribution in [3.05, 3.63) is 82.5 Å². The van der Waals surface area contributed by atoms with Gasteiger partial charge < -0.3 is 23.9 Å². The highest BCUT2D eigenvalue weighted by atomic mass is 16.5. The fourth-order valence-corrected chi connectivity index (χ4v) is 3.75. The van der Waals surface area contributed by atoms with E-state index in [1.54, 1.807) is 56.7 Å². The molecule has 0 bridgehead atoms. The normalized spacial score (nSPS) is 10.7. The average molecular weight is 474 g/mol. The Morgan fingerprint density at radius 2 is 1.71 bits per heavy atom. The number of amides is 1. The van der Waals surface area contributed by atoms with Gasteiger partial charge in [0.2, 0.25) is 5.91 Å². The molecule has 1 N–H and O–H groups in total. The lowest BCUT2D eigenvalue weighted by Crippen LogP contribution is -2.12. The number of carbonyl (C=O) groups excluding carboxylic acids is 1. The summed E-state index contributed by atoms with van der Waals surface area (Å²) in [5, 5.41) is 3.36. The highest BCUT2D eigenvalue weighted by Crippen LogP contribution is 2.29. The molecule has 0 aliphatic rings. The van der Waals surface area contributed by atoms with Crippen LogP contribution < -0.4 is 25.0 Å². The lowest BCUT2D eigenvalue weighted by molar-refractivity contribution is -0.116. The maximum atomic E-state index is 12.5. The molecule has 0 fully saturated rings. The molecule has 0 saturated heterocycles. The van der Waals surface area contributed by atoms with Crippen molar-refractivity contribution >= 4 is 22.6 Å². The Morgan fingerprint density at radius 1 is 0.914 bits per heavy atom. The molecule has 0 unspecified atom stereocenters. The largest absolute Gasteiger partial charge is 0.497 e. The van der Waals surface area contributed by atoms with Crippen LogP contribution in [-0.4, -0.2) is 26.7 Å². The highest BCUT2D eigenvalue weighted by molar-refractivity contribution is 5.91. The van der Waals surface area contributed by atoms with Gasteiger partial charge in [0.1, 0.15) is 17.1 Å². The second-order valence-electron chi connectivity index (χ2n) is 7.88. The van der Waals surface area contributed by atoms with E-state index < -0.39 is 0 Å². The van der Waals surface area contributed by atoms with E-state index in [0.29, 0.717) is 59.1 Å². The van der Waals surface area contributed by atoms with E-state index in [1.165, 1.54) is 6.07 Å². The van der Waals surface area contributed by atoms with Crippen LogP contribution in [0.2, 0.25) is 0 Å². The van der Waals surface area contributed by atoms with Gasteiger partial charge in [-0.25, -0.2) is 0 Å². The maximum Gasteiger partial charge on any atom is 0.224 e. The van der Waals surface area contributed by atoms with Crippen LogP contribution in [-0.2, 0) is 11.2 Å². The van der Waals surface area contributed by atoms with Crippen LogP contribution in [0.5, 0.6) is 17.2 Å². The van der Waals surface area contributed by atoms with Crippen molar-refractivity contribution in [2.24, 2.45) is 0 Å². The fraction of sp³-hybridized carbons (Fsp3) is 0.214. The van der Waals surface area contributed by atoms with Gasteiger partial charge in [-0.1, -0.05) is 6.07 Å². The smallest absolute Gasteiger partial charge is 0.224 e. The molecule has 1 amide bonds. The highest BCUT2D eigenvalue weighted by Gasteiger charge is 2.10. The second-order valence-corrected chi connectivity index (χ2v) is 7.88. The summed E-state index contributed by atoms with van der Waals surface area (Å²) in [7, 11) is 3.15. The van der Waals surface area contributed by atoms with Gasteiger partial charge in [-0.2, -0.15) is 0 Å². The Kier molecular flexibility index (Phi) is 7.35. The Morgan fingerprint density at radius 3 is 2.43 bits per heavy atom. The van der Waals surface area contributed by atoms with Crippen molar-refractivity contribution in [2.75, 3.05) is 26.1 Å². The number of hydrogen-bond acceptors (Lipinski definition) is 6. The topological polar surface area (TPSA) is 87.0 Å². The summed E-state index contributed by atoms with van der Waals surface area (Å²) in [5.41, 5.74) is 2.72. The first-order chi connectivity index (χ1) is 17.0. The van der Waals surface area contributed by atoms with Crippen molar-refractivity contribution in [3.63, 3.8) is 0 Å². The Balaban J connectivity index is 1.40. The summed E-state index contributed by atoms with van der Waals surface area (Å²) >= 11 is 0. The number of fused-ring (bicyclic) bond motifs is 1. The van der Waals surface area contributed by atoms with Crippen LogP contribution in [0.15, 0.2) is 75.9 Å². The third-order valence-electron chi connectivity index (χ3n) is 5.56. The lowest BCUT2D eigenvalue weighted by atomic mass is 10.1. The third kappa shape index (κ3) is 5.63. The summed E-state index contributed by atoms with van der Waals surface area (Å²) in [6, 6.07) is 19.4. The summed E-state index contributed by atoms with van der Waals surface area (Å²) in [4.78, 5) is 25.0. The van der Waals surface area contributed by atoms with Gasteiger partial charge in [0.25, 0.3) is 0 Å². The van der Waals surface area contributed by atoms with Crippen molar-refractivity contribution in [2.45, 2.75) is 19.8 Å². The molecule has 1 heterocycles. The minimum absolute atomic E-state index is 0.100. The number of methoxy groups -OCH3 is 2. The van der Waals surface area contributed by atoms with E-state index in [2.05, 4.69) is 5.32 Å². The van der Waals surface area contributed by atoms with E-state index in [9.17, 15) is 9.59 Å². The van der Waals surface area contributed by atoms with Gasteiger partial charge in [-0.15, -0.1) is 0 Å². The van der Waals surface area contributed by atoms with Crippen LogP contribution in [0, 0.1) is 0 Å². The summed E-state index contributed by atoms with van der Waals surface area (Å²) in [5.74, 6) is 2.29. The second kappa shape index (κ2) is 10.8. The molecule has 7 heteroatoms. The monoisotopic (exact) mass is 473 g/mol. The van der Waals surface area contributed by atoms with Gasteiger partial charge in [0, 0.05) is 23.7 Å². The minimum atomic E-state index is -0.150. The van der Waals surface area contributed by atoms with E-state index in [4.69, 9.17) is 18.6 Å². The zero-order valence-corrected chi connectivity index (χ0v) is 19.9. The number of aryl methyl sites for hydroxylation is 1. The van der Waals surface area contributed by atoms with Crippen LogP contribution >= 0.6 is 0 Å². The molecule has 0 aliphatic heterocycles. The summed E-state index contributed by atoms with van der Waals surface area (Å²) in [6.45, 7) is 2.47. The number of nitrogens with one attached hydrogen (secondary N) is 1. The zero-order chi connectivity index (χ0) is 24.8. The number of benzene rings is 3. The van der Waals surface area contributed by atoms with Crippen LogP contribution in [0.4, 0.5) is 5.69 Å². The molecule has 4 rings (SSSR count). The first kappa shape index (κ1) is 23.9. The van der Waals surface area contributed by atoms with Crippen molar-refractivity contribution in [1.82, 2.24) is 0 Å². The molecule has 3 aromatic carbocycles. The number of carbonyl (C=O) groups is 1. The van der Waals surface area contributed by atoms with E-state index in [-0.39, 0.29) is 11.3 Å². The van der Waals surface area contributed by atoms with Crippen LogP contribution in [0.3, 0.4) is 0 Å². The molecule has 1 aromatic heterocycles. The Hall–Kier alpha value is -4.26. The minimum Gasteiger partial charge on any atom is -0.497 e. The van der Waals surface area contributed by atoms with Gasteiger partial charge in [0.05, 0.1) is 26.2 Å². The standard InChI is InChI=1S/C28H27NO6/c1-4-34-25-12-5-18(15-27(25)33-3)6-14-28(31)29-20-9-7-19(8-10-20)26-17-23(30)22-16-21(32-2)11-13-24(22)35-26/h5,7-13,15-17H,4,6,14H2,1-3H3,(H,29,31). The predicted molar refractivity (Wildman–Crippen MR) is 136 cm³/mol. The molecule has 7 nitrogen and oxygen atoms in total. The average Bonchev–Trinajstić information content (AvgIpc) is 2.88. The molecule has 0 atom stereocenters. The van der Waals surface area contributed by atoms with Gasteiger partial charge in [-0.3, -0.25) is 9.59 Å². The molecular weight excluding hydrogens is 446 g/mol. The molecular formula is C28H27NO6. The van der Waals surface area contributed by atoms with Crippen molar-refractivity contribution in [1.29, 1.82) is 0 Å². The van der Waals surface area contributed by atoms with E-state index in [1.807, 2.05) is 25.1 Å².